The van der Waals surface area contributed by atoms with Gasteiger partial charge in [0.1, 0.15) is 0 Å². The molecule has 0 atom stereocenters. The number of hydrogen-bond donors (Lipinski definition) is 0. The Labute approximate surface area is 97.7 Å². The summed E-state index contributed by atoms with van der Waals surface area (Å²) in [5.41, 5.74) is 0.910. The van der Waals surface area contributed by atoms with E-state index in [-0.39, 0.29) is 5.56 Å². The number of hydrogen-bond acceptors (Lipinski definition) is 0. The van der Waals surface area contributed by atoms with Crippen LogP contribution in [0.1, 0.15) is 11.1 Å². The second-order valence-corrected chi connectivity index (χ2v) is 3.86. The van der Waals surface area contributed by atoms with Gasteiger partial charge in [0.15, 0.2) is 0 Å². The molecule has 3 heteroatoms. The molecule has 0 aromatic heterocycles. The van der Waals surface area contributed by atoms with Crippen molar-refractivity contribution in [3.05, 3.63) is 59.7 Å². The smallest absolute Gasteiger partial charge is 0.166 e. The number of rotatable bonds is 1. The molecule has 0 aliphatic heterocycles. The first-order valence-corrected chi connectivity index (χ1v) is 5.22. The lowest BCUT2D eigenvalue weighted by molar-refractivity contribution is -0.137. The van der Waals surface area contributed by atoms with Crippen molar-refractivity contribution >= 4 is 0 Å². The maximum Gasteiger partial charge on any atom is 0.417 e. The molecule has 2 aromatic carbocycles. The lowest BCUT2D eigenvalue weighted by atomic mass is 9.95. The van der Waals surface area contributed by atoms with Gasteiger partial charge in [0.2, 0.25) is 0 Å². The average molecular weight is 236 g/mol. The van der Waals surface area contributed by atoms with Gasteiger partial charge >= 0.3 is 6.18 Å². The summed E-state index contributed by atoms with van der Waals surface area (Å²) in [6.07, 6.45) is -4.32. The molecule has 0 aliphatic rings. The minimum absolute atomic E-state index is 0.264. The fraction of sp³-hybridized carbons (Fsp3) is 0.143. The first-order valence-electron chi connectivity index (χ1n) is 5.22. The second-order valence-electron chi connectivity index (χ2n) is 3.86. The summed E-state index contributed by atoms with van der Waals surface area (Å²) in [6, 6.07) is 12.9. The second kappa shape index (κ2) is 4.24. The van der Waals surface area contributed by atoms with Gasteiger partial charge in [-0.05, 0) is 29.7 Å². The van der Waals surface area contributed by atoms with E-state index in [1.165, 1.54) is 6.07 Å². The van der Waals surface area contributed by atoms with E-state index in [0.29, 0.717) is 11.1 Å². The highest BCUT2D eigenvalue weighted by molar-refractivity contribution is 5.71. The summed E-state index contributed by atoms with van der Waals surface area (Å²) >= 11 is 0. The van der Waals surface area contributed by atoms with Crippen molar-refractivity contribution in [3.8, 4) is 11.1 Å². The Kier molecular flexibility index (Phi) is 2.92. The molecule has 0 unspecified atom stereocenters. The van der Waals surface area contributed by atoms with E-state index in [0.717, 1.165) is 6.07 Å². The Morgan fingerprint density at radius 3 is 2.06 bits per heavy atom. The van der Waals surface area contributed by atoms with Gasteiger partial charge in [-0.25, -0.2) is 0 Å². The summed E-state index contributed by atoms with van der Waals surface area (Å²) in [4.78, 5) is 0. The van der Waals surface area contributed by atoms with Crippen LogP contribution in [0.25, 0.3) is 11.1 Å². The predicted molar refractivity (Wildman–Crippen MR) is 61.6 cm³/mol. The molecule has 0 spiro atoms. The molecule has 0 bridgehead atoms. The van der Waals surface area contributed by atoms with E-state index in [9.17, 15) is 13.2 Å². The van der Waals surface area contributed by atoms with Crippen LogP contribution in [-0.2, 0) is 6.18 Å². The van der Waals surface area contributed by atoms with Crippen LogP contribution in [0.4, 0.5) is 13.2 Å². The SMILES string of the molecule is Cc1cccc(C(F)(F)F)c1-c1ccccc1. The lowest BCUT2D eigenvalue weighted by Gasteiger charge is -2.15. The highest BCUT2D eigenvalue weighted by Gasteiger charge is 2.33. The summed E-state index contributed by atoms with van der Waals surface area (Å²) in [7, 11) is 0. The Morgan fingerprint density at radius 1 is 0.824 bits per heavy atom. The van der Waals surface area contributed by atoms with Crippen LogP contribution in [0.2, 0.25) is 0 Å². The highest BCUT2D eigenvalue weighted by atomic mass is 19.4. The zero-order valence-corrected chi connectivity index (χ0v) is 9.25. The molecule has 2 aromatic rings. The standard InChI is InChI=1S/C14H11F3/c1-10-6-5-9-12(14(15,16)17)13(10)11-7-3-2-4-8-11/h2-9H,1H3. The molecule has 0 fully saturated rings. The summed E-state index contributed by atoms with van der Waals surface area (Å²) in [6.45, 7) is 1.69. The Hall–Kier alpha value is -1.77. The van der Waals surface area contributed by atoms with Gasteiger partial charge in [0.25, 0.3) is 0 Å². The van der Waals surface area contributed by atoms with Crippen LogP contribution < -0.4 is 0 Å². The molecule has 0 radical (unpaired) electrons. The maximum atomic E-state index is 12.9. The number of alkyl halides is 3. The van der Waals surface area contributed by atoms with Crippen LogP contribution >= 0.6 is 0 Å². The summed E-state index contributed by atoms with van der Waals surface area (Å²) in [5.74, 6) is 0. The zero-order chi connectivity index (χ0) is 12.5. The Bertz CT molecular complexity index is 513. The first kappa shape index (κ1) is 11.7. The van der Waals surface area contributed by atoms with E-state index < -0.39 is 11.7 Å². The quantitative estimate of drug-likeness (QED) is 0.674. The Balaban J connectivity index is 2.69. The van der Waals surface area contributed by atoms with Crippen LogP contribution in [-0.4, -0.2) is 0 Å². The van der Waals surface area contributed by atoms with Gasteiger partial charge in [0.05, 0.1) is 5.56 Å². The molecular weight excluding hydrogens is 225 g/mol. The van der Waals surface area contributed by atoms with Crippen molar-refractivity contribution in [2.45, 2.75) is 13.1 Å². The molecule has 2 rings (SSSR count). The van der Waals surface area contributed by atoms with E-state index in [4.69, 9.17) is 0 Å². The monoisotopic (exact) mass is 236 g/mol. The molecule has 0 nitrogen and oxygen atoms in total. The third-order valence-corrected chi connectivity index (χ3v) is 2.64. The fourth-order valence-corrected chi connectivity index (χ4v) is 1.89. The first-order chi connectivity index (χ1) is 8.00. The summed E-state index contributed by atoms with van der Waals surface area (Å²) in [5, 5.41) is 0. The normalized spacial score (nSPS) is 11.5. The van der Waals surface area contributed by atoms with Crippen molar-refractivity contribution in [1.29, 1.82) is 0 Å². The van der Waals surface area contributed by atoms with E-state index in [1.54, 1.807) is 43.3 Å². The number of aryl methyl sites for hydroxylation is 1. The van der Waals surface area contributed by atoms with Gasteiger partial charge in [-0.2, -0.15) is 13.2 Å². The van der Waals surface area contributed by atoms with Gasteiger partial charge in [-0.1, -0.05) is 42.5 Å². The Morgan fingerprint density at radius 2 is 1.47 bits per heavy atom. The van der Waals surface area contributed by atoms with Crippen molar-refractivity contribution in [2.75, 3.05) is 0 Å². The zero-order valence-electron chi connectivity index (χ0n) is 9.25. The van der Waals surface area contributed by atoms with Gasteiger partial charge in [-0.15, -0.1) is 0 Å². The van der Waals surface area contributed by atoms with Crippen LogP contribution in [0, 0.1) is 6.92 Å². The molecule has 0 amide bonds. The molecule has 0 saturated heterocycles. The third kappa shape index (κ3) is 2.33. The highest BCUT2D eigenvalue weighted by Crippen LogP contribution is 2.38. The molecule has 0 heterocycles. The van der Waals surface area contributed by atoms with Crippen LogP contribution in [0.5, 0.6) is 0 Å². The predicted octanol–water partition coefficient (Wildman–Crippen LogP) is 4.68. The van der Waals surface area contributed by atoms with Gasteiger partial charge in [0, 0.05) is 0 Å². The molecular formula is C14H11F3. The minimum Gasteiger partial charge on any atom is -0.166 e. The lowest BCUT2D eigenvalue weighted by Crippen LogP contribution is -2.08. The van der Waals surface area contributed by atoms with Crippen LogP contribution in [0.3, 0.4) is 0 Å². The molecule has 17 heavy (non-hydrogen) atoms. The topological polar surface area (TPSA) is 0 Å². The van der Waals surface area contributed by atoms with Gasteiger partial charge in [-0.3, -0.25) is 0 Å². The minimum atomic E-state index is -4.32. The maximum absolute atomic E-state index is 12.9. The van der Waals surface area contributed by atoms with Crippen LogP contribution in [0.15, 0.2) is 48.5 Å². The molecule has 0 N–H and O–H groups in total. The van der Waals surface area contributed by atoms with E-state index in [1.807, 2.05) is 0 Å². The van der Waals surface area contributed by atoms with Crippen molar-refractivity contribution in [3.63, 3.8) is 0 Å². The summed E-state index contributed by atoms with van der Waals surface area (Å²) < 4.78 is 38.7. The molecule has 88 valence electrons. The van der Waals surface area contributed by atoms with Gasteiger partial charge < -0.3 is 0 Å². The van der Waals surface area contributed by atoms with Crippen molar-refractivity contribution < 1.29 is 13.2 Å². The molecule has 0 aliphatic carbocycles. The largest absolute Gasteiger partial charge is 0.417 e. The van der Waals surface area contributed by atoms with E-state index >= 15 is 0 Å². The van der Waals surface area contributed by atoms with Crippen molar-refractivity contribution in [2.24, 2.45) is 0 Å². The number of benzene rings is 2. The molecule has 0 saturated carbocycles. The average Bonchev–Trinajstić information content (AvgIpc) is 2.28. The third-order valence-electron chi connectivity index (χ3n) is 2.64. The fourth-order valence-electron chi connectivity index (χ4n) is 1.89. The van der Waals surface area contributed by atoms with Crippen molar-refractivity contribution in [1.82, 2.24) is 0 Å². The van der Waals surface area contributed by atoms with E-state index in [2.05, 4.69) is 0 Å². The number of halogens is 3.